The molecule has 3 aromatic heterocycles. The molecule has 0 radical (unpaired) electrons. The summed E-state index contributed by atoms with van der Waals surface area (Å²) in [6.07, 6.45) is 3.80. The molecular weight excluding hydrogens is 406 g/mol. The van der Waals surface area contributed by atoms with Crippen molar-refractivity contribution in [2.75, 3.05) is 18.0 Å². The third kappa shape index (κ3) is 3.75. The van der Waals surface area contributed by atoms with Crippen LogP contribution in [0.15, 0.2) is 64.0 Å². The second-order valence-corrected chi connectivity index (χ2v) is 7.86. The van der Waals surface area contributed by atoms with Gasteiger partial charge in [-0.1, -0.05) is 0 Å². The zero-order valence-electron chi connectivity index (χ0n) is 17.7. The number of nitrogens with one attached hydrogen (secondary N) is 1. The van der Waals surface area contributed by atoms with Crippen molar-refractivity contribution in [3.63, 3.8) is 0 Å². The highest BCUT2D eigenvalue weighted by atomic mass is 16.3. The molecule has 1 fully saturated rings. The smallest absolute Gasteiger partial charge is 0.256 e. The van der Waals surface area contributed by atoms with Crippen molar-refractivity contribution in [1.29, 1.82) is 0 Å². The fraction of sp³-hybridized carbons (Fsp3) is 0.250. The lowest BCUT2D eigenvalue weighted by Gasteiger charge is -2.18. The van der Waals surface area contributed by atoms with Crippen molar-refractivity contribution < 1.29 is 9.21 Å². The number of nitrogens with zero attached hydrogens (tertiary/aromatic N) is 4. The van der Waals surface area contributed by atoms with Gasteiger partial charge >= 0.3 is 0 Å². The summed E-state index contributed by atoms with van der Waals surface area (Å²) in [6, 6.07) is 13.8. The van der Waals surface area contributed by atoms with Gasteiger partial charge in [-0.3, -0.25) is 14.2 Å². The molecule has 0 atom stereocenters. The second kappa shape index (κ2) is 8.30. The number of rotatable bonds is 5. The number of carbonyl (C=O) groups is 1. The molecule has 1 N–H and O–H groups in total. The van der Waals surface area contributed by atoms with Gasteiger partial charge in [0.05, 0.1) is 24.2 Å². The number of benzene rings is 1. The number of aryl methyl sites for hydroxylation is 1. The van der Waals surface area contributed by atoms with Crippen LogP contribution in [0.2, 0.25) is 0 Å². The monoisotopic (exact) mass is 429 g/mol. The summed E-state index contributed by atoms with van der Waals surface area (Å²) in [4.78, 5) is 36.9. The minimum atomic E-state index is -0.215. The summed E-state index contributed by atoms with van der Waals surface area (Å²) in [5, 5.41) is 3.65. The summed E-state index contributed by atoms with van der Waals surface area (Å²) in [5.41, 5.74) is 2.37. The van der Waals surface area contributed by atoms with E-state index in [4.69, 9.17) is 9.40 Å². The first-order chi connectivity index (χ1) is 15.6. The molecule has 162 valence electrons. The summed E-state index contributed by atoms with van der Waals surface area (Å²) in [7, 11) is 0. The average molecular weight is 429 g/mol. The van der Waals surface area contributed by atoms with E-state index in [-0.39, 0.29) is 11.5 Å². The first-order valence-corrected chi connectivity index (χ1v) is 10.7. The largest absolute Gasteiger partial charge is 0.467 e. The van der Waals surface area contributed by atoms with Crippen molar-refractivity contribution in [2.45, 2.75) is 26.3 Å². The molecule has 1 aliphatic heterocycles. The molecule has 1 aromatic carbocycles. The van der Waals surface area contributed by atoms with E-state index in [1.807, 2.05) is 6.92 Å². The predicted octanol–water partition coefficient (Wildman–Crippen LogP) is 3.21. The van der Waals surface area contributed by atoms with Gasteiger partial charge in [-0.25, -0.2) is 4.98 Å². The summed E-state index contributed by atoms with van der Waals surface area (Å²) < 4.78 is 6.82. The van der Waals surface area contributed by atoms with Crippen LogP contribution >= 0.6 is 0 Å². The molecular formula is C24H23N5O3. The van der Waals surface area contributed by atoms with E-state index in [9.17, 15) is 9.59 Å². The van der Waals surface area contributed by atoms with Crippen molar-refractivity contribution in [1.82, 2.24) is 19.9 Å². The van der Waals surface area contributed by atoms with Crippen LogP contribution in [0.3, 0.4) is 0 Å². The van der Waals surface area contributed by atoms with Crippen molar-refractivity contribution >= 4 is 22.9 Å². The number of aromatic nitrogens is 3. The number of amides is 1. The maximum atomic E-state index is 12.8. The van der Waals surface area contributed by atoms with Gasteiger partial charge in [0.15, 0.2) is 5.65 Å². The van der Waals surface area contributed by atoms with Crippen molar-refractivity contribution in [3.8, 4) is 5.69 Å². The van der Waals surface area contributed by atoms with Gasteiger partial charge in [-0.2, -0.15) is 4.98 Å². The summed E-state index contributed by atoms with van der Waals surface area (Å²) in [6.45, 7) is 4.09. The number of pyridine rings is 1. The highest BCUT2D eigenvalue weighted by Gasteiger charge is 2.18. The first kappa shape index (κ1) is 20.0. The lowest BCUT2D eigenvalue weighted by molar-refractivity contribution is 0.0948. The van der Waals surface area contributed by atoms with E-state index < -0.39 is 0 Å². The van der Waals surface area contributed by atoms with Crippen LogP contribution in [-0.4, -0.2) is 33.5 Å². The van der Waals surface area contributed by atoms with E-state index in [2.05, 4.69) is 15.2 Å². The molecule has 0 unspecified atom stereocenters. The number of carbonyl (C=O) groups excluding carboxylic acids is 1. The average Bonchev–Trinajstić information content (AvgIpc) is 3.52. The first-order valence-electron chi connectivity index (χ1n) is 10.7. The van der Waals surface area contributed by atoms with Crippen LogP contribution in [0.25, 0.3) is 16.7 Å². The standard InChI is InChI=1S/C24H23N5O3/c1-16-20-10-11-21(30)29(22(20)27-24(26-16)28-12-2-3-13-28)18-8-6-17(7-9-18)23(31)25-15-19-5-4-14-32-19/h4-11,14H,2-3,12-13,15H2,1H3,(H,25,31). The number of furan rings is 1. The van der Waals surface area contributed by atoms with Gasteiger partial charge in [0.1, 0.15) is 5.76 Å². The number of anilines is 1. The van der Waals surface area contributed by atoms with Gasteiger partial charge < -0.3 is 14.6 Å². The third-order valence-electron chi connectivity index (χ3n) is 5.71. The van der Waals surface area contributed by atoms with Crippen molar-refractivity contribution in [2.24, 2.45) is 0 Å². The van der Waals surface area contributed by atoms with E-state index in [0.717, 1.165) is 37.0 Å². The maximum absolute atomic E-state index is 12.8. The zero-order chi connectivity index (χ0) is 22.1. The molecule has 4 aromatic rings. The molecule has 1 saturated heterocycles. The zero-order valence-corrected chi connectivity index (χ0v) is 17.7. The molecule has 0 bridgehead atoms. The minimum absolute atomic E-state index is 0.182. The summed E-state index contributed by atoms with van der Waals surface area (Å²) >= 11 is 0. The molecule has 4 heterocycles. The Hall–Kier alpha value is -3.94. The van der Waals surface area contributed by atoms with Crippen LogP contribution in [0.1, 0.15) is 34.7 Å². The van der Waals surface area contributed by atoms with Crippen LogP contribution in [0, 0.1) is 6.92 Å². The second-order valence-electron chi connectivity index (χ2n) is 7.86. The molecule has 1 amide bonds. The normalized spacial score (nSPS) is 13.6. The lowest BCUT2D eigenvalue weighted by atomic mass is 10.1. The third-order valence-corrected chi connectivity index (χ3v) is 5.71. The van der Waals surface area contributed by atoms with Gasteiger partial charge in [-0.05, 0) is 62.2 Å². The Bertz CT molecular complexity index is 1320. The molecule has 8 heteroatoms. The van der Waals surface area contributed by atoms with E-state index in [1.165, 1.54) is 6.07 Å². The molecule has 0 aliphatic carbocycles. The fourth-order valence-corrected chi connectivity index (χ4v) is 4.00. The van der Waals surface area contributed by atoms with Gasteiger partial charge in [0.25, 0.3) is 11.5 Å². The Morgan fingerprint density at radius 1 is 1.06 bits per heavy atom. The number of fused-ring (bicyclic) bond motifs is 1. The summed E-state index contributed by atoms with van der Waals surface area (Å²) in [5.74, 6) is 1.12. The van der Waals surface area contributed by atoms with Crippen LogP contribution in [0.5, 0.6) is 0 Å². The maximum Gasteiger partial charge on any atom is 0.256 e. The Morgan fingerprint density at radius 3 is 2.56 bits per heavy atom. The van der Waals surface area contributed by atoms with Crippen LogP contribution in [0.4, 0.5) is 5.95 Å². The van der Waals surface area contributed by atoms with E-state index >= 15 is 0 Å². The van der Waals surface area contributed by atoms with Gasteiger partial charge in [0, 0.05) is 30.1 Å². The Balaban J connectivity index is 1.48. The Labute approximate surface area is 184 Å². The molecule has 32 heavy (non-hydrogen) atoms. The van der Waals surface area contributed by atoms with Crippen molar-refractivity contribution in [3.05, 3.63) is 82.2 Å². The Morgan fingerprint density at radius 2 is 1.84 bits per heavy atom. The van der Waals surface area contributed by atoms with E-state index in [1.54, 1.807) is 53.3 Å². The van der Waals surface area contributed by atoms with Crippen LogP contribution < -0.4 is 15.8 Å². The molecule has 5 rings (SSSR count). The van der Waals surface area contributed by atoms with Crippen LogP contribution in [-0.2, 0) is 6.54 Å². The Kier molecular flexibility index (Phi) is 5.18. The minimum Gasteiger partial charge on any atom is -0.467 e. The number of hydrogen-bond donors (Lipinski definition) is 1. The SMILES string of the molecule is Cc1nc(N2CCCC2)nc2c1ccc(=O)n2-c1ccc(C(=O)NCc2ccco2)cc1. The molecule has 0 saturated carbocycles. The predicted molar refractivity (Wildman–Crippen MR) is 121 cm³/mol. The van der Waals surface area contributed by atoms with Gasteiger partial charge in [-0.15, -0.1) is 0 Å². The molecule has 0 spiro atoms. The fourth-order valence-electron chi connectivity index (χ4n) is 4.00. The highest BCUT2D eigenvalue weighted by molar-refractivity contribution is 5.94. The van der Waals surface area contributed by atoms with Gasteiger partial charge in [0.2, 0.25) is 5.95 Å². The molecule has 1 aliphatic rings. The van der Waals surface area contributed by atoms with E-state index in [0.29, 0.717) is 35.2 Å². The number of hydrogen-bond acceptors (Lipinski definition) is 6. The lowest BCUT2D eigenvalue weighted by Crippen LogP contribution is -2.24. The molecule has 8 nitrogen and oxygen atoms in total. The highest BCUT2D eigenvalue weighted by Crippen LogP contribution is 2.23. The quantitative estimate of drug-likeness (QED) is 0.524. The topological polar surface area (TPSA) is 93.3 Å².